The van der Waals surface area contributed by atoms with Gasteiger partial charge in [0.2, 0.25) is 5.56 Å². The molecule has 0 atom stereocenters. The Morgan fingerprint density at radius 1 is 1.39 bits per heavy atom. The van der Waals surface area contributed by atoms with E-state index in [4.69, 9.17) is 11.6 Å². The molecular formula is C12H10ClN3O2. The van der Waals surface area contributed by atoms with Gasteiger partial charge < -0.3 is 9.88 Å². The number of nitrogens with zero attached hydrogens (tertiary/aromatic N) is 2. The normalized spacial score (nSPS) is 10.1. The van der Waals surface area contributed by atoms with E-state index in [1.54, 1.807) is 19.2 Å². The zero-order valence-corrected chi connectivity index (χ0v) is 10.3. The number of carbonyl (C=O) groups is 1. The standard InChI is InChI=1S/C12H10ClN3O2/c1-16-7-8(4-5-10(16)17)15-12(18)9-3-2-6-14-11(9)13/h2-7H,1H3,(H,15,18). The molecule has 0 bridgehead atoms. The SMILES string of the molecule is Cn1cc(NC(=O)c2cccnc2Cl)ccc1=O. The molecule has 5 nitrogen and oxygen atoms in total. The first-order valence-corrected chi connectivity index (χ1v) is 5.54. The van der Waals surface area contributed by atoms with Crippen LogP contribution in [-0.2, 0) is 7.05 Å². The monoisotopic (exact) mass is 263 g/mol. The summed E-state index contributed by atoms with van der Waals surface area (Å²) in [4.78, 5) is 26.9. The first-order valence-electron chi connectivity index (χ1n) is 5.16. The highest BCUT2D eigenvalue weighted by Gasteiger charge is 2.10. The number of aromatic nitrogens is 2. The smallest absolute Gasteiger partial charge is 0.258 e. The van der Waals surface area contributed by atoms with E-state index in [2.05, 4.69) is 10.3 Å². The molecule has 0 aliphatic rings. The minimum atomic E-state index is -0.369. The lowest BCUT2D eigenvalue weighted by Gasteiger charge is -2.07. The van der Waals surface area contributed by atoms with Gasteiger partial charge in [0.15, 0.2) is 0 Å². The highest BCUT2D eigenvalue weighted by Crippen LogP contribution is 2.13. The zero-order chi connectivity index (χ0) is 13.1. The fourth-order valence-electron chi connectivity index (χ4n) is 1.42. The van der Waals surface area contributed by atoms with Crippen molar-refractivity contribution in [1.29, 1.82) is 0 Å². The third-order valence-corrected chi connectivity index (χ3v) is 2.65. The topological polar surface area (TPSA) is 64.0 Å². The minimum absolute atomic E-state index is 0.139. The predicted octanol–water partition coefficient (Wildman–Crippen LogP) is 1.69. The Labute approximate surface area is 108 Å². The molecule has 1 N–H and O–H groups in total. The summed E-state index contributed by atoms with van der Waals surface area (Å²) in [5.41, 5.74) is 0.655. The van der Waals surface area contributed by atoms with Crippen LogP contribution in [0.25, 0.3) is 0 Å². The molecule has 2 heterocycles. The van der Waals surface area contributed by atoms with Crippen LogP contribution in [0.5, 0.6) is 0 Å². The largest absolute Gasteiger partial charge is 0.321 e. The molecule has 2 rings (SSSR count). The van der Waals surface area contributed by atoms with Gasteiger partial charge in [-0.3, -0.25) is 9.59 Å². The van der Waals surface area contributed by atoms with Crippen LogP contribution in [-0.4, -0.2) is 15.5 Å². The first-order chi connectivity index (χ1) is 8.58. The molecule has 0 fully saturated rings. The van der Waals surface area contributed by atoms with Crippen LogP contribution in [0.4, 0.5) is 5.69 Å². The molecule has 1 amide bonds. The summed E-state index contributed by atoms with van der Waals surface area (Å²) in [6, 6.07) is 6.11. The maximum atomic E-state index is 11.9. The number of aryl methyl sites for hydroxylation is 1. The Morgan fingerprint density at radius 3 is 2.83 bits per heavy atom. The van der Waals surface area contributed by atoms with Crippen molar-refractivity contribution in [3.05, 3.63) is 57.7 Å². The summed E-state index contributed by atoms with van der Waals surface area (Å²) in [6.45, 7) is 0. The zero-order valence-electron chi connectivity index (χ0n) is 9.55. The average molecular weight is 264 g/mol. The Hall–Kier alpha value is -2.14. The molecule has 2 aromatic rings. The van der Waals surface area contributed by atoms with Gasteiger partial charge in [-0.1, -0.05) is 11.6 Å². The Bertz CT molecular complexity index is 652. The Morgan fingerprint density at radius 2 is 2.17 bits per heavy atom. The van der Waals surface area contributed by atoms with Gasteiger partial charge in [-0.05, 0) is 18.2 Å². The number of nitrogens with one attached hydrogen (secondary N) is 1. The van der Waals surface area contributed by atoms with Gasteiger partial charge in [0.1, 0.15) is 5.15 Å². The summed E-state index contributed by atoms with van der Waals surface area (Å²) in [6.07, 6.45) is 3.04. The quantitative estimate of drug-likeness (QED) is 0.839. The fourth-order valence-corrected chi connectivity index (χ4v) is 1.63. The van der Waals surface area contributed by atoms with E-state index >= 15 is 0 Å². The maximum absolute atomic E-state index is 11.9. The van der Waals surface area contributed by atoms with Crippen molar-refractivity contribution in [3.8, 4) is 0 Å². The van der Waals surface area contributed by atoms with E-state index in [0.29, 0.717) is 5.69 Å². The molecule has 0 aromatic carbocycles. The summed E-state index contributed by atoms with van der Waals surface area (Å²) in [5.74, 6) is -0.369. The lowest BCUT2D eigenvalue weighted by molar-refractivity contribution is 0.102. The lowest BCUT2D eigenvalue weighted by Crippen LogP contribution is -2.18. The second-order valence-electron chi connectivity index (χ2n) is 3.66. The van der Waals surface area contributed by atoms with Crippen LogP contribution < -0.4 is 10.9 Å². The number of pyridine rings is 2. The molecule has 0 saturated carbocycles. The van der Waals surface area contributed by atoms with E-state index in [1.165, 1.54) is 29.1 Å². The summed E-state index contributed by atoms with van der Waals surface area (Å²) in [7, 11) is 1.61. The molecule has 0 unspecified atom stereocenters. The van der Waals surface area contributed by atoms with E-state index in [9.17, 15) is 9.59 Å². The third kappa shape index (κ3) is 2.57. The van der Waals surface area contributed by atoms with Crippen molar-refractivity contribution in [2.24, 2.45) is 7.05 Å². The Balaban J connectivity index is 2.24. The van der Waals surface area contributed by atoms with E-state index in [1.807, 2.05) is 0 Å². The van der Waals surface area contributed by atoms with Gasteiger partial charge in [0.25, 0.3) is 5.91 Å². The van der Waals surface area contributed by atoms with Crippen LogP contribution in [0.3, 0.4) is 0 Å². The first kappa shape index (κ1) is 12.3. The number of rotatable bonds is 2. The van der Waals surface area contributed by atoms with Crippen LogP contribution in [0.2, 0.25) is 5.15 Å². The molecule has 18 heavy (non-hydrogen) atoms. The Kier molecular flexibility index (Phi) is 3.43. The highest BCUT2D eigenvalue weighted by molar-refractivity contribution is 6.33. The minimum Gasteiger partial charge on any atom is -0.321 e. The molecule has 2 aromatic heterocycles. The van der Waals surface area contributed by atoms with Gasteiger partial charge in [-0.2, -0.15) is 0 Å². The third-order valence-electron chi connectivity index (χ3n) is 2.35. The maximum Gasteiger partial charge on any atom is 0.258 e. The second kappa shape index (κ2) is 5.01. The van der Waals surface area contributed by atoms with Crippen LogP contribution >= 0.6 is 11.6 Å². The number of hydrogen-bond donors (Lipinski definition) is 1. The molecule has 0 radical (unpaired) electrons. The van der Waals surface area contributed by atoms with Crippen LogP contribution in [0.1, 0.15) is 10.4 Å². The number of amides is 1. The van der Waals surface area contributed by atoms with Crippen molar-refractivity contribution >= 4 is 23.2 Å². The summed E-state index contributed by atoms with van der Waals surface area (Å²) in [5, 5.41) is 2.78. The second-order valence-corrected chi connectivity index (χ2v) is 4.02. The number of hydrogen-bond acceptors (Lipinski definition) is 3. The van der Waals surface area contributed by atoms with Crippen molar-refractivity contribution in [3.63, 3.8) is 0 Å². The molecule has 0 spiro atoms. The average Bonchev–Trinajstić information content (AvgIpc) is 2.34. The number of halogens is 1. The van der Waals surface area contributed by atoms with Crippen LogP contribution in [0.15, 0.2) is 41.5 Å². The predicted molar refractivity (Wildman–Crippen MR) is 68.9 cm³/mol. The summed E-state index contributed by atoms with van der Waals surface area (Å²) >= 11 is 5.81. The van der Waals surface area contributed by atoms with Crippen molar-refractivity contribution in [2.45, 2.75) is 0 Å². The van der Waals surface area contributed by atoms with E-state index in [-0.39, 0.29) is 22.2 Å². The van der Waals surface area contributed by atoms with Crippen molar-refractivity contribution in [1.82, 2.24) is 9.55 Å². The van der Waals surface area contributed by atoms with E-state index < -0.39 is 0 Å². The fraction of sp³-hybridized carbons (Fsp3) is 0.0833. The highest BCUT2D eigenvalue weighted by atomic mass is 35.5. The number of carbonyl (C=O) groups excluding carboxylic acids is 1. The van der Waals surface area contributed by atoms with Gasteiger partial charge in [0, 0.05) is 25.5 Å². The molecule has 0 aliphatic carbocycles. The van der Waals surface area contributed by atoms with Crippen molar-refractivity contribution in [2.75, 3.05) is 5.32 Å². The number of anilines is 1. The van der Waals surface area contributed by atoms with Gasteiger partial charge in [-0.15, -0.1) is 0 Å². The molecule has 6 heteroatoms. The molecule has 92 valence electrons. The van der Waals surface area contributed by atoms with Crippen LogP contribution in [0, 0.1) is 0 Å². The van der Waals surface area contributed by atoms with Gasteiger partial charge >= 0.3 is 0 Å². The lowest BCUT2D eigenvalue weighted by atomic mass is 10.2. The van der Waals surface area contributed by atoms with Crippen molar-refractivity contribution < 1.29 is 4.79 Å². The van der Waals surface area contributed by atoms with Gasteiger partial charge in [-0.25, -0.2) is 4.98 Å². The van der Waals surface area contributed by atoms with Gasteiger partial charge in [0.05, 0.1) is 11.3 Å². The molecular weight excluding hydrogens is 254 g/mol. The molecule has 0 aliphatic heterocycles. The van der Waals surface area contributed by atoms with E-state index in [0.717, 1.165) is 0 Å². The molecule has 0 saturated heterocycles. The summed E-state index contributed by atoms with van der Waals surface area (Å²) < 4.78 is 1.38.